The Hall–Kier alpha value is -2.19. The highest BCUT2D eigenvalue weighted by Crippen LogP contribution is 2.28. The molecule has 0 radical (unpaired) electrons. The molecular formula is C24H33N3O4S. The monoisotopic (exact) mass is 459 g/mol. The van der Waals surface area contributed by atoms with Gasteiger partial charge in [-0.05, 0) is 62.6 Å². The molecule has 4 rings (SSSR count). The second-order valence-electron chi connectivity index (χ2n) is 9.46. The maximum Gasteiger partial charge on any atom is 0.259 e. The highest BCUT2D eigenvalue weighted by atomic mass is 32.2. The molecule has 1 amide bonds. The summed E-state index contributed by atoms with van der Waals surface area (Å²) in [5.74, 6) is 0.325. The number of amides is 1. The van der Waals surface area contributed by atoms with Gasteiger partial charge in [0.25, 0.3) is 5.91 Å². The van der Waals surface area contributed by atoms with Crippen molar-refractivity contribution in [3.63, 3.8) is 0 Å². The van der Waals surface area contributed by atoms with E-state index in [0.717, 1.165) is 25.7 Å². The number of piperidine rings is 2. The number of aromatic nitrogens is 1. The third kappa shape index (κ3) is 4.22. The van der Waals surface area contributed by atoms with Crippen molar-refractivity contribution in [3.8, 4) is 0 Å². The van der Waals surface area contributed by atoms with Crippen molar-refractivity contribution >= 4 is 26.8 Å². The topological polar surface area (TPSA) is 79.7 Å². The van der Waals surface area contributed by atoms with E-state index in [2.05, 4.69) is 13.8 Å². The van der Waals surface area contributed by atoms with Crippen molar-refractivity contribution < 1.29 is 13.2 Å². The number of hydrogen-bond donors (Lipinski definition) is 0. The average Bonchev–Trinajstić information content (AvgIpc) is 2.78. The summed E-state index contributed by atoms with van der Waals surface area (Å²) in [6.45, 7) is 8.93. The van der Waals surface area contributed by atoms with Gasteiger partial charge in [-0.2, -0.15) is 4.31 Å². The smallest absolute Gasteiger partial charge is 0.259 e. The van der Waals surface area contributed by atoms with Crippen LogP contribution in [0.5, 0.6) is 0 Å². The van der Waals surface area contributed by atoms with Gasteiger partial charge >= 0.3 is 0 Å². The molecule has 0 unspecified atom stereocenters. The fourth-order valence-corrected chi connectivity index (χ4v) is 6.88. The van der Waals surface area contributed by atoms with Crippen molar-refractivity contribution in [2.24, 2.45) is 11.8 Å². The van der Waals surface area contributed by atoms with Crippen molar-refractivity contribution in [3.05, 3.63) is 40.2 Å². The molecule has 7 nitrogen and oxygen atoms in total. The van der Waals surface area contributed by atoms with E-state index >= 15 is 0 Å². The number of fused-ring (bicyclic) bond motifs is 1. The molecule has 0 aliphatic carbocycles. The Morgan fingerprint density at radius 3 is 2.34 bits per heavy atom. The van der Waals surface area contributed by atoms with Crippen LogP contribution in [-0.2, 0) is 16.6 Å². The minimum absolute atomic E-state index is 0.119. The maximum atomic E-state index is 13.4. The lowest BCUT2D eigenvalue weighted by Gasteiger charge is -2.34. The summed E-state index contributed by atoms with van der Waals surface area (Å²) < 4.78 is 30.2. The Morgan fingerprint density at radius 1 is 1.06 bits per heavy atom. The predicted molar refractivity (Wildman–Crippen MR) is 125 cm³/mol. The Kier molecular flexibility index (Phi) is 6.45. The molecule has 32 heavy (non-hydrogen) atoms. The van der Waals surface area contributed by atoms with Crippen molar-refractivity contribution in [2.45, 2.75) is 57.9 Å². The van der Waals surface area contributed by atoms with E-state index in [9.17, 15) is 18.0 Å². The summed E-state index contributed by atoms with van der Waals surface area (Å²) in [6.07, 6.45) is 5.61. The molecule has 174 valence electrons. The van der Waals surface area contributed by atoms with Crippen LogP contribution in [0.25, 0.3) is 10.9 Å². The Morgan fingerprint density at radius 2 is 1.72 bits per heavy atom. The molecule has 1 aromatic heterocycles. The molecule has 2 aromatic rings. The van der Waals surface area contributed by atoms with Crippen molar-refractivity contribution in [1.29, 1.82) is 0 Å². The number of rotatable bonds is 4. The number of benzene rings is 1. The van der Waals surface area contributed by atoms with Crippen LogP contribution in [-0.4, -0.2) is 54.3 Å². The summed E-state index contributed by atoms with van der Waals surface area (Å²) in [4.78, 5) is 28.3. The molecule has 2 fully saturated rings. The lowest BCUT2D eigenvalue weighted by atomic mass is 9.94. The second kappa shape index (κ2) is 8.98. The number of hydrogen-bond acceptors (Lipinski definition) is 4. The standard InChI is InChI=1S/C24H33N3O4S/c1-4-25-16-21(24(29)26-10-6-5-7-11-26)23(28)20-13-19(8-9-22(20)25)32(30,31)27-14-17(2)12-18(3)15-27/h8-9,13,16-18H,4-7,10-12,14-15H2,1-3H3/t17-,18-/m1/s1. The third-order valence-electron chi connectivity index (χ3n) is 6.74. The number of pyridine rings is 1. The largest absolute Gasteiger partial charge is 0.347 e. The number of carbonyl (C=O) groups is 1. The molecule has 0 saturated carbocycles. The van der Waals surface area contributed by atoms with Gasteiger partial charge < -0.3 is 9.47 Å². The first kappa shape index (κ1) is 23.0. The van der Waals surface area contributed by atoms with Crippen LogP contribution < -0.4 is 5.43 Å². The molecule has 2 aliphatic heterocycles. The van der Waals surface area contributed by atoms with Crippen molar-refractivity contribution in [2.75, 3.05) is 26.2 Å². The van der Waals surface area contributed by atoms with Gasteiger partial charge in [0.1, 0.15) is 5.56 Å². The van der Waals surface area contributed by atoms with Crippen LogP contribution in [0.15, 0.2) is 34.1 Å². The molecule has 2 saturated heterocycles. The fourth-order valence-electron chi connectivity index (χ4n) is 5.17. The fraction of sp³-hybridized carbons (Fsp3) is 0.583. The zero-order chi connectivity index (χ0) is 23.0. The van der Waals surface area contributed by atoms with Gasteiger partial charge in [0.05, 0.1) is 10.4 Å². The molecule has 1 aromatic carbocycles. The zero-order valence-electron chi connectivity index (χ0n) is 19.2. The van der Waals surface area contributed by atoms with Gasteiger partial charge in [0, 0.05) is 44.3 Å². The number of aryl methyl sites for hydroxylation is 1. The van der Waals surface area contributed by atoms with Crippen LogP contribution in [0.4, 0.5) is 0 Å². The molecule has 8 heteroatoms. The molecule has 0 bridgehead atoms. The second-order valence-corrected chi connectivity index (χ2v) is 11.4. The summed E-state index contributed by atoms with van der Waals surface area (Å²) in [5.41, 5.74) is 0.376. The lowest BCUT2D eigenvalue weighted by Crippen LogP contribution is -2.42. The Labute approximate surface area is 190 Å². The molecular weight excluding hydrogens is 426 g/mol. The van der Waals surface area contributed by atoms with Gasteiger partial charge in [-0.3, -0.25) is 9.59 Å². The van der Waals surface area contributed by atoms with Gasteiger partial charge in [-0.1, -0.05) is 13.8 Å². The maximum absolute atomic E-state index is 13.4. The minimum atomic E-state index is -3.72. The molecule has 0 spiro atoms. The lowest BCUT2D eigenvalue weighted by molar-refractivity contribution is 0.0722. The van der Waals surface area contributed by atoms with E-state index in [1.54, 1.807) is 23.2 Å². The van der Waals surface area contributed by atoms with Crippen LogP contribution >= 0.6 is 0 Å². The van der Waals surface area contributed by atoms with Gasteiger partial charge in [0.2, 0.25) is 15.5 Å². The van der Waals surface area contributed by atoms with Gasteiger partial charge in [-0.15, -0.1) is 0 Å². The van der Waals surface area contributed by atoms with Gasteiger partial charge in [-0.25, -0.2) is 8.42 Å². The number of carbonyl (C=O) groups excluding carboxylic acids is 1. The highest BCUT2D eigenvalue weighted by molar-refractivity contribution is 7.89. The normalized spacial score (nSPS) is 22.9. The zero-order valence-corrected chi connectivity index (χ0v) is 20.0. The first-order chi connectivity index (χ1) is 15.2. The molecule has 2 aliphatic rings. The van der Waals surface area contributed by atoms with E-state index in [1.807, 2.05) is 11.5 Å². The summed E-state index contributed by atoms with van der Waals surface area (Å²) in [5, 5.41) is 0.286. The van der Waals surface area contributed by atoms with E-state index in [0.29, 0.717) is 50.1 Å². The number of sulfonamides is 1. The quantitative estimate of drug-likeness (QED) is 0.703. The summed E-state index contributed by atoms with van der Waals surface area (Å²) in [7, 11) is -3.72. The highest BCUT2D eigenvalue weighted by Gasteiger charge is 2.32. The molecule has 0 N–H and O–H groups in total. The SMILES string of the molecule is CCn1cc(C(=O)N2CCCCC2)c(=O)c2cc(S(=O)(=O)N3C[C@H](C)C[C@@H](C)C3)ccc21. The summed E-state index contributed by atoms with van der Waals surface area (Å²) >= 11 is 0. The Bertz CT molecular complexity index is 1170. The Balaban J connectivity index is 1.79. The summed E-state index contributed by atoms with van der Waals surface area (Å²) in [6, 6.07) is 4.74. The first-order valence-electron chi connectivity index (χ1n) is 11.7. The average molecular weight is 460 g/mol. The predicted octanol–water partition coefficient (Wildman–Crippen LogP) is 3.31. The first-order valence-corrected chi connectivity index (χ1v) is 13.1. The molecule has 3 heterocycles. The van der Waals surface area contributed by atoms with E-state index in [1.165, 1.54) is 10.4 Å². The van der Waals surface area contributed by atoms with E-state index in [4.69, 9.17) is 0 Å². The van der Waals surface area contributed by atoms with Crippen LogP contribution in [0, 0.1) is 11.8 Å². The third-order valence-corrected chi connectivity index (χ3v) is 8.57. The number of nitrogens with zero attached hydrogens (tertiary/aromatic N) is 3. The van der Waals surface area contributed by atoms with Crippen molar-refractivity contribution in [1.82, 2.24) is 13.8 Å². The number of likely N-dealkylation sites (tertiary alicyclic amines) is 1. The van der Waals surface area contributed by atoms with Crippen LogP contribution in [0.1, 0.15) is 56.8 Å². The molecule has 2 atom stereocenters. The van der Waals surface area contributed by atoms with E-state index < -0.39 is 15.5 Å². The van der Waals surface area contributed by atoms with E-state index in [-0.39, 0.29) is 21.8 Å². The minimum Gasteiger partial charge on any atom is -0.347 e. The van der Waals surface area contributed by atoms with Crippen LogP contribution in [0.3, 0.4) is 0 Å². The van der Waals surface area contributed by atoms with Crippen LogP contribution in [0.2, 0.25) is 0 Å². The van der Waals surface area contributed by atoms with Gasteiger partial charge in [0.15, 0.2) is 0 Å².